The Morgan fingerprint density at radius 1 is 1.36 bits per heavy atom. The van der Waals surface area contributed by atoms with Crippen LogP contribution in [-0.2, 0) is 6.54 Å². The van der Waals surface area contributed by atoms with E-state index >= 15 is 0 Å². The maximum atomic E-state index is 13.2. The van der Waals surface area contributed by atoms with E-state index in [4.69, 9.17) is 11.6 Å². The minimum atomic E-state index is -2.80. The highest BCUT2D eigenvalue weighted by Gasteiger charge is 2.21. The summed E-state index contributed by atoms with van der Waals surface area (Å²) in [7, 11) is 1.31. The van der Waals surface area contributed by atoms with Crippen LogP contribution in [0.3, 0.4) is 0 Å². The first-order valence-electron chi connectivity index (χ1n) is 6.01. The zero-order valence-corrected chi connectivity index (χ0v) is 12.0. The molecule has 118 valence electrons. The van der Waals surface area contributed by atoms with Crippen LogP contribution < -0.4 is 0 Å². The fourth-order valence-electron chi connectivity index (χ4n) is 1.82. The molecule has 0 fully saturated rings. The largest absolute Gasteiger partial charge is 0.334 e. The lowest BCUT2D eigenvalue weighted by molar-refractivity contribution is 0.0612. The van der Waals surface area contributed by atoms with Crippen LogP contribution in [0.1, 0.15) is 22.7 Å². The minimum Gasteiger partial charge on any atom is -0.334 e. The Morgan fingerprint density at radius 3 is 2.64 bits per heavy atom. The Kier molecular flexibility index (Phi) is 4.70. The van der Waals surface area contributed by atoms with Crippen molar-refractivity contribution in [2.45, 2.75) is 13.1 Å². The molecular weight excluding hydrogens is 326 g/mol. The molecule has 0 unspecified atom stereocenters. The van der Waals surface area contributed by atoms with E-state index in [0.717, 1.165) is 11.1 Å². The van der Waals surface area contributed by atoms with Gasteiger partial charge >= 0.3 is 6.55 Å². The number of halogens is 5. The van der Waals surface area contributed by atoms with E-state index in [1.807, 2.05) is 0 Å². The lowest BCUT2D eigenvalue weighted by Gasteiger charge is -2.18. The number of carbonyl (C=O) groups is 1. The van der Waals surface area contributed by atoms with Crippen LogP contribution in [0.25, 0.3) is 0 Å². The summed E-state index contributed by atoms with van der Waals surface area (Å²) in [6, 6.07) is 1.34. The number of carbonyl (C=O) groups excluding carboxylic acids is 1. The lowest BCUT2D eigenvalue weighted by Crippen LogP contribution is -2.28. The molecule has 0 bridgehead atoms. The molecule has 0 spiro atoms. The van der Waals surface area contributed by atoms with Gasteiger partial charge < -0.3 is 4.90 Å². The minimum absolute atomic E-state index is 0.0513. The molecule has 0 N–H and O–H groups in total. The SMILES string of the molecule is CN(Cc1nccn1C(F)F)C(=O)c1cc(F)c(F)cc1Cl. The van der Waals surface area contributed by atoms with Gasteiger partial charge in [0.05, 0.1) is 17.1 Å². The predicted octanol–water partition coefficient (Wildman–Crippen LogP) is 3.48. The predicted molar refractivity (Wildman–Crippen MR) is 70.6 cm³/mol. The van der Waals surface area contributed by atoms with Gasteiger partial charge in [0.15, 0.2) is 11.6 Å². The van der Waals surface area contributed by atoms with Crippen molar-refractivity contribution < 1.29 is 22.4 Å². The summed E-state index contributed by atoms with van der Waals surface area (Å²) in [6.07, 6.45) is 2.24. The van der Waals surface area contributed by atoms with E-state index in [1.165, 1.54) is 13.2 Å². The van der Waals surface area contributed by atoms with Crippen molar-refractivity contribution in [2.75, 3.05) is 7.05 Å². The first-order valence-corrected chi connectivity index (χ1v) is 6.39. The van der Waals surface area contributed by atoms with Crippen LogP contribution in [0.2, 0.25) is 5.02 Å². The normalized spacial score (nSPS) is 11.0. The molecule has 1 aromatic heterocycles. The molecule has 0 aliphatic rings. The van der Waals surface area contributed by atoms with Crippen LogP contribution in [0.4, 0.5) is 17.6 Å². The Bertz CT molecular complexity index is 705. The summed E-state index contributed by atoms with van der Waals surface area (Å²) in [4.78, 5) is 16.9. The van der Waals surface area contributed by atoms with E-state index in [1.54, 1.807) is 0 Å². The smallest absolute Gasteiger partial charge is 0.319 e. The van der Waals surface area contributed by atoms with Crippen LogP contribution >= 0.6 is 11.6 Å². The second-order valence-electron chi connectivity index (χ2n) is 4.44. The molecule has 0 atom stereocenters. The summed E-state index contributed by atoms with van der Waals surface area (Å²) < 4.78 is 52.2. The van der Waals surface area contributed by atoms with Crippen molar-refractivity contribution >= 4 is 17.5 Å². The second kappa shape index (κ2) is 6.35. The molecule has 1 heterocycles. The van der Waals surface area contributed by atoms with Gasteiger partial charge in [0.1, 0.15) is 5.82 Å². The Labute approximate surface area is 127 Å². The number of aromatic nitrogens is 2. The summed E-state index contributed by atoms with van der Waals surface area (Å²) in [5, 5.41) is -0.270. The molecule has 1 amide bonds. The fraction of sp³-hybridized carbons (Fsp3) is 0.231. The third-order valence-corrected chi connectivity index (χ3v) is 3.24. The van der Waals surface area contributed by atoms with E-state index in [0.29, 0.717) is 16.7 Å². The highest BCUT2D eigenvalue weighted by atomic mass is 35.5. The van der Waals surface area contributed by atoms with Gasteiger partial charge in [0.25, 0.3) is 5.91 Å². The van der Waals surface area contributed by atoms with E-state index in [9.17, 15) is 22.4 Å². The summed E-state index contributed by atoms with van der Waals surface area (Å²) in [6.45, 7) is -3.04. The monoisotopic (exact) mass is 335 g/mol. The van der Waals surface area contributed by atoms with Gasteiger partial charge in [0.2, 0.25) is 0 Å². The van der Waals surface area contributed by atoms with Crippen LogP contribution in [0.5, 0.6) is 0 Å². The molecule has 0 saturated heterocycles. The molecule has 0 radical (unpaired) electrons. The van der Waals surface area contributed by atoms with Crippen LogP contribution in [-0.4, -0.2) is 27.4 Å². The Morgan fingerprint density at radius 2 is 2.00 bits per heavy atom. The fourth-order valence-corrected chi connectivity index (χ4v) is 2.05. The quantitative estimate of drug-likeness (QED) is 0.634. The Balaban J connectivity index is 2.23. The standard InChI is InChI=1S/C13H10ClF4N3O/c1-20(6-11-19-2-3-21(11)13(17)18)12(22)7-4-9(15)10(16)5-8(7)14/h2-5,13H,6H2,1H3. The van der Waals surface area contributed by atoms with Gasteiger partial charge in [0, 0.05) is 19.4 Å². The van der Waals surface area contributed by atoms with Crippen molar-refractivity contribution in [2.24, 2.45) is 0 Å². The number of hydrogen-bond acceptors (Lipinski definition) is 2. The molecule has 1 aromatic carbocycles. The molecule has 0 aliphatic heterocycles. The van der Waals surface area contributed by atoms with Gasteiger partial charge in [-0.1, -0.05) is 11.6 Å². The first-order chi connectivity index (χ1) is 10.3. The van der Waals surface area contributed by atoms with Gasteiger partial charge in [-0.25, -0.2) is 13.8 Å². The number of alkyl halides is 2. The second-order valence-corrected chi connectivity index (χ2v) is 4.84. The summed E-state index contributed by atoms with van der Waals surface area (Å²) >= 11 is 5.71. The van der Waals surface area contributed by atoms with E-state index in [2.05, 4.69) is 4.98 Å². The highest BCUT2D eigenvalue weighted by molar-refractivity contribution is 6.33. The molecular formula is C13H10ClF4N3O. The molecule has 22 heavy (non-hydrogen) atoms. The molecule has 2 rings (SSSR count). The summed E-state index contributed by atoms with van der Waals surface area (Å²) in [5.41, 5.74) is -0.266. The van der Waals surface area contributed by atoms with Gasteiger partial charge in [-0.05, 0) is 12.1 Å². The number of amides is 1. The maximum Gasteiger partial charge on any atom is 0.319 e. The molecule has 0 saturated carbocycles. The number of hydrogen-bond donors (Lipinski definition) is 0. The Hall–Kier alpha value is -2.09. The van der Waals surface area contributed by atoms with Crippen LogP contribution in [0, 0.1) is 11.6 Å². The van der Waals surface area contributed by atoms with Crippen LogP contribution in [0.15, 0.2) is 24.5 Å². The van der Waals surface area contributed by atoms with Gasteiger partial charge in [-0.2, -0.15) is 8.78 Å². The lowest BCUT2D eigenvalue weighted by atomic mass is 10.2. The average Bonchev–Trinajstić information content (AvgIpc) is 2.90. The molecule has 2 aromatic rings. The molecule has 0 aliphatic carbocycles. The van der Waals surface area contributed by atoms with Crippen molar-refractivity contribution in [1.82, 2.24) is 14.5 Å². The average molecular weight is 336 g/mol. The van der Waals surface area contributed by atoms with Crippen molar-refractivity contribution in [3.05, 3.63) is 52.6 Å². The third-order valence-electron chi connectivity index (χ3n) is 2.92. The maximum absolute atomic E-state index is 13.2. The molecule has 4 nitrogen and oxygen atoms in total. The summed E-state index contributed by atoms with van der Waals surface area (Å²) in [5.74, 6) is -3.20. The van der Waals surface area contributed by atoms with Gasteiger partial charge in [-0.15, -0.1) is 0 Å². The third kappa shape index (κ3) is 3.22. The van der Waals surface area contributed by atoms with E-state index < -0.39 is 24.1 Å². The first kappa shape index (κ1) is 16.3. The van der Waals surface area contributed by atoms with Crippen molar-refractivity contribution in [3.8, 4) is 0 Å². The van der Waals surface area contributed by atoms with Crippen molar-refractivity contribution in [1.29, 1.82) is 0 Å². The zero-order chi connectivity index (χ0) is 16.4. The number of rotatable bonds is 4. The zero-order valence-electron chi connectivity index (χ0n) is 11.2. The van der Waals surface area contributed by atoms with Crippen molar-refractivity contribution in [3.63, 3.8) is 0 Å². The number of benzene rings is 1. The topological polar surface area (TPSA) is 38.1 Å². The van der Waals surface area contributed by atoms with Gasteiger partial charge in [-0.3, -0.25) is 9.36 Å². The number of imidazole rings is 1. The molecule has 9 heteroatoms. The highest BCUT2D eigenvalue weighted by Crippen LogP contribution is 2.22. The van der Waals surface area contributed by atoms with E-state index in [-0.39, 0.29) is 23.0 Å². The number of nitrogens with zero attached hydrogens (tertiary/aromatic N) is 3.